The molecule has 176 valence electrons. The molecule has 0 spiro atoms. The Morgan fingerprint density at radius 3 is 2.68 bits per heavy atom. The third-order valence-electron chi connectivity index (χ3n) is 6.24. The Labute approximate surface area is 196 Å². The van der Waals surface area contributed by atoms with Crippen LogP contribution in [-0.4, -0.2) is 49.0 Å². The van der Waals surface area contributed by atoms with Crippen LogP contribution in [0.5, 0.6) is 0 Å². The van der Waals surface area contributed by atoms with E-state index >= 15 is 0 Å². The highest BCUT2D eigenvalue weighted by Gasteiger charge is 2.29. The van der Waals surface area contributed by atoms with Gasteiger partial charge >= 0.3 is 5.97 Å². The molecular weight excluding hydrogens is 436 g/mol. The molecule has 0 radical (unpaired) electrons. The molecule has 2 amide bonds. The van der Waals surface area contributed by atoms with Gasteiger partial charge in [0.15, 0.2) is 12.2 Å². The van der Waals surface area contributed by atoms with Gasteiger partial charge in [0.05, 0.1) is 5.92 Å². The summed E-state index contributed by atoms with van der Waals surface area (Å²) in [6, 6.07) is 15.3. The largest absolute Gasteiger partial charge is 0.455 e. The van der Waals surface area contributed by atoms with Gasteiger partial charge in [-0.3, -0.25) is 14.4 Å². The molecule has 9 nitrogen and oxygen atoms in total. The minimum absolute atomic E-state index is 0.0829. The zero-order valence-corrected chi connectivity index (χ0v) is 18.7. The fraction of sp³-hybridized carbons (Fsp3) is 0.360. The maximum atomic E-state index is 12.5. The van der Waals surface area contributed by atoms with Crippen molar-refractivity contribution in [3.8, 4) is 0 Å². The van der Waals surface area contributed by atoms with E-state index in [4.69, 9.17) is 9.15 Å². The van der Waals surface area contributed by atoms with Crippen LogP contribution in [0.3, 0.4) is 0 Å². The van der Waals surface area contributed by atoms with Crippen molar-refractivity contribution in [2.75, 3.05) is 41.4 Å². The number of para-hydroxylation sites is 2. The molecule has 3 heterocycles. The summed E-state index contributed by atoms with van der Waals surface area (Å²) in [6.45, 7) is 1.58. The number of carbonyl (C=O) groups is 3. The van der Waals surface area contributed by atoms with Crippen LogP contribution < -0.4 is 15.1 Å². The number of fused-ring (bicyclic) bond motifs is 1. The Hall–Kier alpha value is -3.88. The molecule has 0 unspecified atom stereocenters. The fourth-order valence-corrected chi connectivity index (χ4v) is 4.43. The normalized spacial score (nSPS) is 16.8. The number of ether oxygens (including phenoxy) is 1. The van der Waals surface area contributed by atoms with Gasteiger partial charge in [0.2, 0.25) is 5.91 Å². The quantitative estimate of drug-likeness (QED) is 0.560. The Balaban J connectivity index is 1.09. The zero-order chi connectivity index (χ0) is 23.5. The Kier molecular flexibility index (Phi) is 6.16. The molecule has 0 aliphatic carbocycles. The summed E-state index contributed by atoms with van der Waals surface area (Å²) < 4.78 is 11.1. The van der Waals surface area contributed by atoms with Gasteiger partial charge in [0.25, 0.3) is 11.9 Å². The van der Waals surface area contributed by atoms with E-state index in [1.807, 2.05) is 35.2 Å². The minimum atomic E-state index is -0.415. The third kappa shape index (κ3) is 4.73. The summed E-state index contributed by atoms with van der Waals surface area (Å²) in [4.78, 5) is 45.0. The molecule has 0 atom stereocenters. The second kappa shape index (κ2) is 9.54. The molecule has 2 aliphatic rings. The first-order valence-corrected chi connectivity index (χ1v) is 11.5. The molecular formula is C25H26N4O5. The molecule has 0 bridgehead atoms. The summed E-state index contributed by atoms with van der Waals surface area (Å²) in [5, 5.41) is 2.74. The lowest BCUT2D eigenvalue weighted by Gasteiger charge is -2.29. The predicted molar refractivity (Wildman–Crippen MR) is 127 cm³/mol. The van der Waals surface area contributed by atoms with Crippen molar-refractivity contribution >= 4 is 46.3 Å². The summed E-state index contributed by atoms with van der Waals surface area (Å²) in [7, 11) is 0. The highest BCUT2D eigenvalue weighted by atomic mass is 16.5. The van der Waals surface area contributed by atoms with Gasteiger partial charge in [-0.25, -0.2) is 0 Å². The Bertz CT molecular complexity index is 1180. The number of esters is 1. The van der Waals surface area contributed by atoms with Crippen LogP contribution in [0.15, 0.2) is 52.9 Å². The predicted octanol–water partition coefficient (Wildman–Crippen LogP) is 3.35. The van der Waals surface area contributed by atoms with Crippen molar-refractivity contribution in [2.45, 2.75) is 25.7 Å². The molecule has 5 rings (SSSR count). The van der Waals surface area contributed by atoms with E-state index in [-0.39, 0.29) is 24.4 Å². The SMILES string of the molecule is O=C(COC(=O)C1CCN(c2nc3ccccc3o2)CC1)Nc1cccc(N2CCCC2=O)c1. The number of hydrogen-bond donors (Lipinski definition) is 1. The van der Waals surface area contributed by atoms with E-state index in [2.05, 4.69) is 10.3 Å². The van der Waals surface area contributed by atoms with Gasteiger partial charge < -0.3 is 24.3 Å². The number of oxazole rings is 1. The van der Waals surface area contributed by atoms with E-state index in [9.17, 15) is 14.4 Å². The smallest absolute Gasteiger partial charge is 0.309 e. The van der Waals surface area contributed by atoms with Gasteiger partial charge in [0.1, 0.15) is 5.52 Å². The monoisotopic (exact) mass is 462 g/mol. The van der Waals surface area contributed by atoms with Crippen LogP contribution in [0.1, 0.15) is 25.7 Å². The number of nitrogens with one attached hydrogen (secondary N) is 1. The molecule has 3 aromatic rings. The molecule has 34 heavy (non-hydrogen) atoms. The van der Waals surface area contributed by atoms with Gasteiger partial charge in [-0.15, -0.1) is 0 Å². The number of carbonyl (C=O) groups excluding carboxylic acids is 3. The first-order valence-electron chi connectivity index (χ1n) is 11.5. The van der Waals surface area contributed by atoms with Crippen LogP contribution in [0.4, 0.5) is 17.4 Å². The number of hydrogen-bond acceptors (Lipinski definition) is 7. The third-order valence-corrected chi connectivity index (χ3v) is 6.24. The van der Waals surface area contributed by atoms with E-state index in [1.165, 1.54) is 0 Å². The fourth-order valence-electron chi connectivity index (χ4n) is 4.43. The second-order valence-electron chi connectivity index (χ2n) is 8.58. The summed E-state index contributed by atoms with van der Waals surface area (Å²) in [6.07, 6.45) is 2.58. The molecule has 2 aliphatic heterocycles. The number of anilines is 3. The highest BCUT2D eigenvalue weighted by Crippen LogP contribution is 2.27. The van der Waals surface area contributed by atoms with E-state index < -0.39 is 5.91 Å². The summed E-state index contributed by atoms with van der Waals surface area (Å²) >= 11 is 0. The summed E-state index contributed by atoms with van der Waals surface area (Å²) in [5.41, 5.74) is 2.86. The lowest BCUT2D eigenvalue weighted by atomic mass is 9.97. The maximum absolute atomic E-state index is 12.5. The average Bonchev–Trinajstić information content (AvgIpc) is 3.49. The van der Waals surface area contributed by atoms with Crippen molar-refractivity contribution in [2.24, 2.45) is 5.92 Å². The van der Waals surface area contributed by atoms with Gasteiger partial charge in [-0.05, 0) is 49.6 Å². The molecule has 2 saturated heterocycles. The first kappa shape index (κ1) is 21.9. The van der Waals surface area contributed by atoms with Gasteiger partial charge in [-0.1, -0.05) is 18.2 Å². The topological polar surface area (TPSA) is 105 Å². The Morgan fingerprint density at radius 1 is 1.09 bits per heavy atom. The van der Waals surface area contributed by atoms with Gasteiger partial charge in [-0.2, -0.15) is 4.98 Å². The van der Waals surface area contributed by atoms with Crippen LogP contribution in [0, 0.1) is 5.92 Å². The maximum Gasteiger partial charge on any atom is 0.309 e. The number of nitrogens with zero attached hydrogens (tertiary/aromatic N) is 3. The number of rotatable bonds is 6. The van der Waals surface area contributed by atoms with Crippen LogP contribution in [-0.2, 0) is 19.1 Å². The second-order valence-corrected chi connectivity index (χ2v) is 8.58. The van der Waals surface area contributed by atoms with Crippen LogP contribution in [0.2, 0.25) is 0 Å². The highest BCUT2D eigenvalue weighted by molar-refractivity contribution is 5.97. The number of amides is 2. The molecule has 1 aromatic heterocycles. The minimum Gasteiger partial charge on any atom is -0.455 e. The van der Waals surface area contributed by atoms with E-state index in [0.717, 1.165) is 23.2 Å². The molecule has 0 saturated carbocycles. The molecule has 2 fully saturated rings. The van der Waals surface area contributed by atoms with Crippen molar-refractivity contribution < 1.29 is 23.5 Å². The number of piperidine rings is 1. The van der Waals surface area contributed by atoms with Crippen LogP contribution in [0.25, 0.3) is 11.1 Å². The lowest BCUT2D eigenvalue weighted by Crippen LogP contribution is -2.37. The zero-order valence-electron chi connectivity index (χ0n) is 18.7. The number of aromatic nitrogens is 1. The van der Waals surface area contributed by atoms with Crippen molar-refractivity contribution in [3.63, 3.8) is 0 Å². The molecule has 2 aromatic carbocycles. The van der Waals surface area contributed by atoms with E-state index in [0.29, 0.717) is 50.6 Å². The molecule has 9 heteroatoms. The average molecular weight is 463 g/mol. The van der Waals surface area contributed by atoms with Crippen molar-refractivity contribution in [1.82, 2.24) is 4.98 Å². The summed E-state index contributed by atoms with van der Waals surface area (Å²) in [5.74, 6) is -0.969. The van der Waals surface area contributed by atoms with E-state index in [1.54, 1.807) is 23.1 Å². The molecule has 1 N–H and O–H groups in total. The Morgan fingerprint density at radius 2 is 1.91 bits per heavy atom. The van der Waals surface area contributed by atoms with Crippen molar-refractivity contribution in [3.05, 3.63) is 48.5 Å². The van der Waals surface area contributed by atoms with Crippen molar-refractivity contribution in [1.29, 1.82) is 0 Å². The lowest BCUT2D eigenvalue weighted by molar-refractivity contribution is -0.152. The van der Waals surface area contributed by atoms with Gasteiger partial charge in [0, 0.05) is 37.4 Å². The van der Waals surface area contributed by atoms with Crippen LogP contribution >= 0.6 is 0 Å². The first-order chi connectivity index (χ1) is 16.6. The number of benzene rings is 2. The standard InChI is InChI=1S/C25H26N4O5/c30-22(26-18-5-3-6-19(15-18)29-12-4-9-23(29)31)16-33-24(32)17-10-13-28(14-11-17)25-27-20-7-1-2-8-21(20)34-25/h1-3,5-8,15,17H,4,9-14,16H2,(H,26,30).